The normalized spacial score (nSPS) is 11.1. The number of anilines is 1. The van der Waals surface area contributed by atoms with Crippen LogP contribution >= 0.6 is 0 Å². The van der Waals surface area contributed by atoms with Crippen molar-refractivity contribution in [2.45, 2.75) is 6.36 Å². The molecule has 6 heteroatoms. The second-order valence-electron chi connectivity index (χ2n) is 2.45. The van der Waals surface area contributed by atoms with E-state index in [1.165, 1.54) is 19.2 Å². The van der Waals surface area contributed by atoms with E-state index in [0.717, 1.165) is 6.07 Å². The van der Waals surface area contributed by atoms with E-state index >= 15 is 0 Å². The Bertz CT molecular complexity index is 325. The molecule has 0 amide bonds. The number of benzene rings is 1. The van der Waals surface area contributed by atoms with E-state index in [1.54, 1.807) is 0 Å². The zero-order valence-electron chi connectivity index (χ0n) is 7.26. The van der Waals surface area contributed by atoms with E-state index in [4.69, 9.17) is 10.5 Å². The minimum absolute atomic E-state index is 0.123. The van der Waals surface area contributed by atoms with Crippen molar-refractivity contribution in [3.63, 3.8) is 0 Å². The zero-order chi connectivity index (χ0) is 10.8. The third-order valence-electron chi connectivity index (χ3n) is 1.44. The molecular weight excluding hydrogens is 199 g/mol. The lowest BCUT2D eigenvalue weighted by Crippen LogP contribution is -2.17. The SMILES string of the molecule is COc1ccc(OC(F)(F)F)c(N)c1. The highest BCUT2D eigenvalue weighted by molar-refractivity contribution is 5.56. The van der Waals surface area contributed by atoms with Crippen molar-refractivity contribution < 1.29 is 22.6 Å². The highest BCUT2D eigenvalue weighted by Gasteiger charge is 2.31. The van der Waals surface area contributed by atoms with Crippen molar-refractivity contribution in [3.05, 3.63) is 18.2 Å². The van der Waals surface area contributed by atoms with Gasteiger partial charge in [-0.1, -0.05) is 0 Å². The third kappa shape index (κ3) is 2.72. The van der Waals surface area contributed by atoms with Crippen molar-refractivity contribution in [1.82, 2.24) is 0 Å². The van der Waals surface area contributed by atoms with Gasteiger partial charge in [-0.15, -0.1) is 13.2 Å². The molecule has 0 saturated heterocycles. The fourth-order valence-corrected chi connectivity index (χ4v) is 0.871. The van der Waals surface area contributed by atoms with Crippen LogP contribution in [0.5, 0.6) is 11.5 Å². The summed E-state index contributed by atoms with van der Waals surface area (Å²) in [4.78, 5) is 0. The molecule has 2 N–H and O–H groups in total. The molecule has 1 rings (SSSR count). The van der Waals surface area contributed by atoms with Crippen molar-refractivity contribution in [3.8, 4) is 11.5 Å². The molecule has 0 radical (unpaired) electrons. The largest absolute Gasteiger partial charge is 0.573 e. The maximum absolute atomic E-state index is 11.8. The first kappa shape index (κ1) is 10.5. The molecule has 0 fully saturated rings. The molecule has 78 valence electrons. The van der Waals surface area contributed by atoms with Gasteiger partial charge in [0.2, 0.25) is 0 Å². The lowest BCUT2D eigenvalue weighted by Gasteiger charge is -2.11. The van der Waals surface area contributed by atoms with Gasteiger partial charge in [-0.2, -0.15) is 0 Å². The molecule has 0 atom stereocenters. The molecule has 0 bridgehead atoms. The molecule has 1 aromatic carbocycles. The lowest BCUT2D eigenvalue weighted by molar-refractivity contribution is -0.274. The number of halogens is 3. The van der Waals surface area contributed by atoms with E-state index in [-0.39, 0.29) is 5.69 Å². The molecule has 0 heterocycles. The summed E-state index contributed by atoms with van der Waals surface area (Å²) in [5.41, 5.74) is 5.18. The molecular formula is C8H8F3NO2. The molecule has 0 aliphatic carbocycles. The summed E-state index contributed by atoms with van der Waals surface area (Å²) >= 11 is 0. The van der Waals surface area contributed by atoms with Crippen LogP contribution in [0, 0.1) is 0 Å². The van der Waals surface area contributed by atoms with Gasteiger partial charge in [-0.3, -0.25) is 0 Å². The Morgan fingerprint density at radius 2 is 1.93 bits per heavy atom. The first-order chi connectivity index (χ1) is 6.42. The standard InChI is InChI=1S/C8H8F3NO2/c1-13-5-2-3-7(6(12)4-5)14-8(9,10)11/h2-4H,12H2,1H3. The zero-order valence-corrected chi connectivity index (χ0v) is 7.26. The Balaban J connectivity index is 2.89. The van der Waals surface area contributed by atoms with Gasteiger partial charge in [0.15, 0.2) is 5.75 Å². The molecule has 14 heavy (non-hydrogen) atoms. The summed E-state index contributed by atoms with van der Waals surface area (Å²) in [6.07, 6.45) is -4.73. The number of nitrogen functional groups attached to an aromatic ring is 1. The fraction of sp³-hybridized carbons (Fsp3) is 0.250. The average Bonchev–Trinajstić information content (AvgIpc) is 2.06. The van der Waals surface area contributed by atoms with Crippen LogP contribution in [0.15, 0.2) is 18.2 Å². The van der Waals surface area contributed by atoms with Gasteiger partial charge in [0, 0.05) is 6.07 Å². The Hall–Kier alpha value is -1.59. The highest BCUT2D eigenvalue weighted by Crippen LogP contribution is 2.30. The van der Waals surface area contributed by atoms with E-state index in [2.05, 4.69) is 4.74 Å². The van der Waals surface area contributed by atoms with Gasteiger partial charge in [0.05, 0.1) is 12.8 Å². The number of hydrogen-bond acceptors (Lipinski definition) is 3. The first-order valence-electron chi connectivity index (χ1n) is 3.61. The summed E-state index contributed by atoms with van der Waals surface area (Å²) in [5.74, 6) is -0.0599. The first-order valence-corrected chi connectivity index (χ1v) is 3.61. The number of methoxy groups -OCH3 is 1. The predicted molar refractivity (Wildman–Crippen MR) is 44.1 cm³/mol. The van der Waals surface area contributed by atoms with Gasteiger partial charge in [-0.05, 0) is 12.1 Å². The Kier molecular flexibility index (Phi) is 2.73. The molecule has 0 saturated carbocycles. The van der Waals surface area contributed by atoms with Crippen molar-refractivity contribution in [1.29, 1.82) is 0 Å². The minimum atomic E-state index is -4.73. The Morgan fingerprint density at radius 3 is 2.36 bits per heavy atom. The maximum Gasteiger partial charge on any atom is 0.573 e. The summed E-state index contributed by atoms with van der Waals surface area (Å²) in [6, 6.07) is 3.68. The fourth-order valence-electron chi connectivity index (χ4n) is 0.871. The van der Waals surface area contributed by atoms with Crippen LogP contribution in [0.25, 0.3) is 0 Å². The second-order valence-corrected chi connectivity index (χ2v) is 2.45. The maximum atomic E-state index is 11.8. The Labute approximate surface area is 78.2 Å². The highest BCUT2D eigenvalue weighted by atomic mass is 19.4. The van der Waals surface area contributed by atoms with Crippen molar-refractivity contribution >= 4 is 5.69 Å². The minimum Gasteiger partial charge on any atom is -0.497 e. The Morgan fingerprint density at radius 1 is 1.29 bits per heavy atom. The summed E-state index contributed by atoms with van der Waals surface area (Å²) in [6.45, 7) is 0. The van der Waals surface area contributed by atoms with Crippen LogP contribution in [-0.4, -0.2) is 13.5 Å². The molecule has 1 aromatic rings. The molecule has 0 aliphatic rings. The smallest absolute Gasteiger partial charge is 0.497 e. The van der Waals surface area contributed by atoms with Crippen molar-refractivity contribution in [2.24, 2.45) is 0 Å². The van der Waals surface area contributed by atoms with E-state index in [9.17, 15) is 13.2 Å². The third-order valence-corrected chi connectivity index (χ3v) is 1.44. The topological polar surface area (TPSA) is 44.5 Å². The second kappa shape index (κ2) is 3.65. The van der Waals surface area contributed by atoms with Crippen LogP contribution in [0.3, 0.4) is 0 Å². The van der Waals surface area contributed by atoms with E-state index in [0.29, 0.717) is 5.75 Å². The van der Waals surface area contributed by atoms with Crippen LogP contribution in [0.4, 0.5) is 18.9 Å². The van der Waals surface area contributed by atoms with Crippen LogP contribution in [0.1, 0.15) is 0 Å². The molecule has 3 nitrogen and oxygen atoms in total. The van der Waals surface area contributed by atoms with Crippen LogP contribution in [-0.2, 0) is 0 Å². The molecule has 0 aliphatic heterocycles. The number of nitrogens with two attached hydrogens (primary N) is 1. The summed E-state index contributed by atoms with van der Waals surface area (Å²) in [7, 11) is 1.39. The molecule has 0 unspecified atom stereocenters. The molecule has 0 aromatic heterocycles. The lowest BCUT2D eigenvalue weighted by atomic mass is 10.3. The summed E-state index contributed by atoms with van der Waals surface area (Å²) in [5, 5.41) is 0. The van der Waals surface area contributed by atoms with Gasteiger partial charge < -0.3 is 15.2 Å². The number of hydrogen-bond donors (Lipinski definition) is 1. The van der Waals surface area contributed by atoms with Gasteiger partial charge >= 0.3 is 6.36 Å². The van der Waals surface area contributed by atoms with E-state index < -0.39 is 12.1 Å². The van der Waals surface area contributed by atoms with Crippen molar-refractivity contribution in [2.75, 3.05) is 12.8 Å². The molecule has 0 spiro atoms. The van der Waals surface area contributed by atoms with Gasteiger partial charge in [0.1, 0.15) is 5.75 Å². The predicted octanol–water partition coefficient (Wildman–Crippen LogP) is 2.18. The summed E-state index contributed by atoms with van der Waals surface area (Å²) < 4.78 is 43.8. The van der Waals surface area contributed by atoms with Gasteiger partial charge in [-0.25, -0.2) is 0 Å². The monoisotopic (exact) mass is 207 g/mol. The van der Waals surface area contributed by atoms with Crippen LogP contribution < -0.4 is 15.2 Å². The number of rotatable bonds is 2. The number of ether oxygens (including phenoxy) is 2. The van der Waals surface area contributed by atoms with Crippen LogP contribution in [0.2, 0.25) is 0 Å². The quantitative estimate of drug-likeness (QED) is 0.756. The van der Waals surface area contributed by atoms with E-state index in [1.807, 2.05) is 0 Å². The van der Waals surface area contributed by atoms with Gasteiger partial charge in [0.25, 0.3) is 0 Å². The number of alkyl halides is 3. The average molecular weight is 207 g/mol.